The predicted octanol–water partition coefficient (Wildman–Crippen LogP) is 2.48. The van der Waals surface area contributed by atoms with Gasteiger partial charge in [0.25, 0.3) is 0 Å². The van der Waals surface area contributed by atoms with Crippen LogP contribution in [0.4, 0.5) is 5.69 Å². The minimum atomic E-state index is -0.315. The van der Waals surface area contributed by atoms with Gasteiger partial charge in [0.15, 0.2) is 5.15 Å². The van der Waals surface area contributed by atoms with E-state index < -0.39 is 0 Å². The predicted molar refractivity (Wildman–Crippen MR) is 79.3 cm³/mol. The fraction of sp³-hybridized carbons (Fsp3) is 0.538. The number of aromatic nitrogens is 1. The summed E-state index contributed by atoms with van der Waals surface area (Å²) in [5.74, 6) is -0.150. The normalized spacial score (nSPS) is 17.8. The molecule has 20 heavy (non-hydrogen) atoms. The first-order valence-corrected chi connectivity index (χ1v) is 7.28. The third-order valence-corrected chi connectivity index (χ3v) is 3.67. The van der Waals surface area contributed by atoms with Crippen molar-refractivity contribution >= 4 is 34.8 Å². The number of halogens is 2. The zero-order chi connectivity index (χ0) is 14.5. The second-order valence-corrected chi connectivity index (χ2v) is 5.48. The van der Waals surface area contributed by atoms with Crippen molar-refractivity contribution in [3.05, 3.63) is 22.4 Å². The summed E-state index contributed by atoms with van der Waals surface area (Å²) >= 11 is 11.6. The summed E-state index contributed by atoms with van der Waals surface area (Å²) in [6.45, 7) is 3.29. The van der Waals surface area contributed by atoms with Gasteiger partial charge < -0.3 is 15.4 Å². The van der Waals surface area contributed by atoms with E-state index in [0.29, 0.717) is 16.9 Å². The van der Waals surface area contributed by atoms with E-state index in [-0.39, 0.29) is 17.1 Å². The van der Waals surface area contributed by atoms with Gasteiger partial charge in [0.1, 0.15) is 5.15 Å². The van der Waals surface area contributed by atoms with E-state index in [9.17, 15) is 4.79 Å². The molecular formula is C13H17Cl2N3O2. The Kier molecular flexibility index (Phi) is 5.60. The Morgan fingerprint density at radius 2 is 2.10 bits per heavy atom. The van der Waals surface area contributed by atoms with Crippen LogP contribution in [0.5, 0.6) is 0 Å². The summed E-state index contributed by atoms with van der Waals surface area (Å²) in [4.78, 5) is 16.0. The Balaban J connectivity index is 1.89. The van der Waals surface area contributed by atoms with Gasteiger partial charge in [-0.05, 0) is 31.9 Å². The molecule has 0 aliphatic carbocycles. The first kappa shape index (κ1) is 15.5. The van der Waals surface area contributed by atoms with Crippen molar-refractivity contribution in [2.75, 3.05) is 18.5 Å². The van der Waals surface area contributed by atoms with Crippen LogP contribution < -0.4 is 10.6 Å². The molecule has 0 unspecified atom stereocenters. The van der Waals surface area contributed by atoms with Crippen molar-refractivity contribution in [2.45, 2.75) is 31.8 Å². The van der Waals surface area contributed by atoms with Gasteiger partial charge in [-0.15, -0.1) is 0 Å². The third-order valence-electron chi connectivity index (χ3n) is 3.17. The number of carbonyl (C=O) groups excluding carboxylic acids is 1. The molecule has 2 heterocycles. The summed E-state index contributed by atoms with van der Waals surface area (Å²) in [7, 11) is 0. The molecule has 1 saturated heterocycles. The molecule has 1 aromatic rings. The molecule has 5 nitrogen and oxygen atoms in total. The molecule has 1 amide bonds. The molecule has 0 saturated carbocycles. The molecule has 1 atom stereocenters. The summed E-state index contributed by atoms with van der Waals surface area (Å²) in [6.07, 6.45) is 1.84. The highest BCUT2D eigenvalue weighted by atomic mass is 35.5. The highest BCUT2D eigenvalue weighted by Crippen LogP contribution is 2.21. The smallest absolute Gasteiger partial charge is 0.241 e. The molecule has 2 rings (SSSR count). The van der Waals surface area contributed by atoms with Crippen molar-refractivity contribution < 1.29 is 9.53 Å². The number of pyridine rings is 1. The van der Waals surface area contributed by atoms with Crippen LogP contribution in [0.1, 0.15) is 19.8 Å². The molecule has 1 aliphatic heterocycles. The lowest BCUT2D eigenvalue weighted by Crippen LogP contribution is -2.46. The second-order valence-electron chi connectivity index (χ2n) is 4.74. The van der Waals surface area contributed by atoms with E-state index in [2.05, 4.69) is 15.6 Å². The van der Waals surface area contributed by atoms with Crippen LogP contribution in [0.15, 0.2) is 12.1 Å². The maximum atomic E-state index is 12.1. The number of hydrogen-bond acceptors (Lipinski definition) is 4. The molecule has 0 radical (unpaired) electrons. The van der Waals surface area contributed by atoms with Crippen LogP contribution >= 0.6 is 23.2 Å². The number of amides is 1. The Morgan fingerprint density at radius 1 is 1.40 bits per heavy atom. The average Bonchev–Trinajstić information content (AvgIpc) is 2.43. The van der Waals surface area contributed by atoms with Gasteiger partial charge in [-0.25, -0.2) is 4.98 Å². The van der Waals surface area contributed by atoms with Gasteiger partial charge >= 0.3 is 0 Å². The molecule has 0 spiro atoms. The summed E-state index contributed by atoms with van der Waals surface area (Å²) in [6, 6.07) is 3.21. The SMILES string of the molecule is C[C@@H](NC1CCOCC1)C(=O)Nc1ccc(Cl)nc1Cl. The summed E-state index contributed by atoms with van der Waals surface area (Å²) in [5.41, 5.74) is 0.460. The first-order chi connectivity index (χ1) is 9.56. The van der Waals surface area contributed by atoms with E-state index in [1.165, 1.54) is 0 Å². The Labute approximate surface area is 128 Å². The van der Waals surface area contributed by atoms with E-state index >= 15 is 0 Å². The lowest BCUT2D eigenvalue weighted by atomic mass is 10.1. The Bertz CT molecular complexity index is 479. The molecule has 0 aromatic carbocycles. The van der Waals surface area contributed by atoms with Crippen LogP contribution in [-0.2, 0) is 9.53 Å². The summed E-state index contributed by atoms with van der Waals surface area (Å²) < 4.78 is 5.29. The molecule has 1 aliphatic rings. The molecule has 2 N–H and O–H groups in total. The van der Waals surface area contributed by atoms with Crippen LogP contribution in [-0.4, -0.2) is 36.2 Å². The third kappa shape index (κ3) is 4.31. The fourth-order valence-corrected chi connectivity index (χ4v) is 2.43. The van der Waals surface area contributed by atoms with Gasteiger partial charge in [-0.2, -0.15) is 0 Å². The van der Waals surface area contributed by atoms with Gasteiger partial charge in [0, 0.05) is 19.3 Å². The van der Waals surface area contributed by atoms with Gasteiger partial charge in [-0.3, -0.25) is 4.79 Å². The summed E-state index contributed by atoms with van der Waals surface area (Å²) in [5, 5.41) is 6.51. The molecule has 7 heteroatoms. The number of nitrogens with one attached hydrogen (secondary N) is 2. The molecule has 1 fully saturated rings. The number of anilines is 1. The zero-order valence-electron chi connectivity index (χ0n) is 11.2. The van der Waals surface area contributed by atoms with Crippen LogP contribution in [0.25, 0.3) is 0 Å². The van der Waals surface area contributed by atoms with E-state index in [0.717, 1.165) is 26.1 Å². The fourth-order valence-electron chi connectivity index (χ4n) is 2.04. The molecular weight excluding hydrogens is 301 g/mol. The highest BCUT2D eigenvalue weighted by molar-refractivity contribution is 6.34. The number of ether oxygens (including phenoxy) is 1. The lowest BCUT2D eigenvalue weighted by Gasteiger charge is -2.26. The maximum absolute atomic E-state index is 12.1. The van der Waals surface area contributed by atoms with Crippen molar-refractivity contribution in [3.63, 3.8) is 0 Å². The number of hydrogen-bond donors (Lipinski definition) is 2. The van der Waals surface area contributed by atoms with Crippen molar-refractivity contribution in [1.29, 1.82) is 0 Å². The van der Waals surface area contributed by atoms with Crippen molar-refractivity contribution in [3.8, 4) is 0 Å². The maximum Gasteiger partial charge on any atom is 0.241 e. The van der Waals surface area contributed by atoms with Crippen LogP contribution in [0, 0.1) is 0 Å². The Morgan fingerprint density at radius 3 is 2.75 bits per heavy atom. The van der Waals surface area contributed by atoms with E-state index in [1.54, 1.807) is 12.1 Å². The number of nitrogens with zero attached hydrogens (tertiary/aromatic N) is 1. The number of carbonyl (C=O) groups is 1. The molecule has 0 bridgehead atoms. The Hall–Kier alpha value is -0.880. The van der Waals surface area contributed by atoms with Crippen molar-refractivity contribution in [1.82, 2.24) is 10.3 Å². The minimum absolute atomic E-state index is 0.150. The van der Waals surface area contributed by atoms with Gasteiger partial charge in [-0.1, -0.05) is 23.2 Å². The monoisotopic (exact) mass is 317 g/mol. The quantitative estimate of drug-likeness (QED) is 0.837. The van der Waals surface area contributed by atoms with Crippen molar-refractivity contribution in [2.24, 2.45) is 0 Å². The average molecular weight is 318 g/mol. The van der Waals surface area contributed by atoms with Crippen LogP contribution in [0.2, 0.25) is 10.3 Å². The van der Waals surface area contributed by atoms with Gasteiger partial charge in [0.2, 0.25) is 5.91 Å². The standard InChI is InChI=1S/C13H17Cl2N3O2/c1-8(16-9-4-6-20-7-5-9)13(19)17-10-2-3-11(14)18-12(10)15/h2-3,8-9,16H,4-7H2,1H3,(H,17,19)/t8-/m1/s1. The lowest BCUT2D eigenvalue weighted by molar-refractivity contribution is -0.118. The highest BCUT2D eigenvalue weighted by Gasteiger charge is 2.20. The number of rotatable bonds is 4. The minimum Gasteiger partial charge on any atom is -0.381 e. The largest absolute Gasteiger partial charge is 0.381 e. The first-order valence-electron chi connectivity index (χ1n) is 6.53. The van der Waals surface area contributed by atoms with Crippen LogP contribution in [0.3, 0.4) is 0 Å². The topological polar surface area (TPSA) is 63.2 Å². The zero-order valence-corrected chi connectivity index (χ0v) is 12.7. The van der Waals surface area contributed by atoms with E-state index in [4.69, 9.17) is 27.9 Å². The van der Waals surface area contributed by atoms with E-state index in [1.807, 2.05) is 6.92 Å². The van der Waals surface area contributed by atoms with Gasteiger partial charge in [0.05, 0.1) is 11.7 Å². The molecule has 110 valence electrons. The molecule has 1 aromatic heterocycles. The second kappa shape index (κ2) is 7.22.